The molecule has 0 saturated carbocycles. The van der Waals surface area contributed by atoms with Gasteiger partial charge in [-0.1, -0.05) is 125 Å². The highest BCUT2D eigenvalue weighted by atomic mass is 32.2. The van der Waals surface area contributed by atoms with E-state index in [0.717, 1.165) is 29.4 Å². The molecule has 0 N–H and O–H groups in total. The first kappa shape index (κ1) is 31.7. The van der Waals surface area contributed by atoms with E-state index in [9.17, 15) is 13.0 Å². The zero-order valence-corrected chi connectivity index (χ0v) is 24.5. The zero-order valence-electron chi connectivity index (χ0n) is 23.6. The molecule has 0 saturated heterocycles. The number of quaternary nitrogens is 1. The molecule has 0 fully saturated rings. The Morgan fingerprint density at radius 3 is 1.58 bits per heavy atom. The highest BCUT2D eigenvalue weighted by Crippen LogP contribution is 2.21. The molecule has 4 nitrogen and oxygen atoms in total. The first-order valence-electron chi connectivity index (χ1n) is 14.2. The third kappa shape index (κ3) is 12.9. The number of aryl methyl sites for hydroxylation is 1. The Bertz CT molecular complexity index is 1110. The van der Waals surface area contributed by atoms with E-state index >= 15 is 0 Å². The normalized spacial score (nSPS) is 11.6. The van der Waals surface area contributed by atoms with E-state index in [-0.39, 0.29) is 4.90 Å². The maximum absolute atomic E-state index is 10.8. The van der Waals surface area contributed by atoms with Crippen LogP contribution in [0.25, 0.3) is 0 Å². The molecule has 0 atom stereocenters. The van der Waals surface area contributed by atoms with E-state index < -0.39 is 10.1 Å². The lowest BCUT2D eigenvalue weighted by atomic mass is 10.0. The molecule has 0 aliphatic carbocycles. The minimum Gasteiger partial charge on any atom is -0.744 e. The summed E-state index contributed by atoms with van der Waals surface area (Å²) in [5.41, 5.74) is 3.81. The number of rotatable bonds is 15. The van der Waals surface area contributed by atoms with Crippen LogP contribution in [0.4, 0.5) is 5.69 Å². The predicted octanol–water partition coefficient (Wildman–Crippen LogP) is 8.51. The first-order chi connectivity index (χ1) is 18.2. The molecular formula is C33H47NO3S. The van der Waals surface area contributed by atoms with E-state index in [1.165, 1.54) is 81.2 Å². The van der Waals surface area contributed by atoms with Crippen LogP contribution in [0.2, 0.25) is 0 Å². The van der Waals surface area contributed by atoms with Crippen molar-refractivity contribution in [3.8, 4) is 0 Å². The molecule has 0 heterocycles. The lowest BCUT2D eigenvalue weighted by Crippen LogP contribution is -2.39. The first-order valence-corrected chi connectivity index (χ1v) is 15.6. The standard InChI is InChI=1S/C18H30O3S.C15H18N/c1-2-3-4-5-6-7-8-9-10-11-12-17-13-15-18(16-14-17)22(19,20)21;1-16(2,15-11-7-4-8-12-15)13-14-9-5-3-6-10-14/h13-16H,2-12H2,1H3,(H,19,20,21);3-12H,13H2,1-2H3/q;+1/p-1. The van der Waals surface area contributed by atoms with Crippen LogP contribution < -0.4 is 4.48 Å². The molecule has 0 bridgehead atoms. The van der Waals surface area contributed by atoms with Crippen LogP contribution >= 0.6 is 0 Å². The summed E-state index contributed by atoms with van der Waals surface area (Å²) in [4.78, 5) is -0.140. The summed E-state index contributed by atoms with van der Waals surface area (Å²) < 4.78 is 33.4. The van der Waals surface area contributed by atoms with Crippen molar-refractivity contribution < 1.29 is 13.0 Å². The third-order valence-corrected chi connectivity index (χ3v) is 7.76. The Balaban J connectivity index is 0.000000279. The van der Waals surface area contributed by atoms with Gasteiger partial charge in [-0.25, -0.2) is 8.42 Å². The van der Waals surface area contributed by atoms with Gasteiger partial charge >= 0.3 is 0 Å². The zero-order chi connectivity index (χ0) is 27.7. The third-order valence-electron chi connectivity index (χ3n) is 6.91. The lowest BCUT2D eigenvalue weighted by Gasteiger charge is -2.29. The Hall–Kier alpha value is -2.47. The van der Waals surface area contributed by atoms with Crippen molar-refractivity contribution in [1.82, 2.24) is 4.48 Å². The minimum absolute atomic E-state index is 0.140. The van der Waals surface area contributed by atoms with Gasteiger partial charge in [-0.2, -0.15) is 0 Å². The Labute approximate surface area is 232 Å². The van der Waals surface area contributed by atoms with E-state index in [4.69, 9.17) is 0 Å². The maximum Gasteiger partial charge on any atom is 0.132 e. The summed E-state index contributed by atoms with van der Waals surface area (Å²) in [5.74, 6) is 0. The molecule has 0 amide bonds. The van der Waals surface area contributed by atoms with Crippen LogP contribution in [0, 0.1) is 0 Å². The number of hydrogen-bond acceptors (Lipinski definition) is 3. The number of nitrogens with zero attached hydrogens (tertiary/aromatic N) is 1. The van der Waals surface area contributed by atoms with Gasteiger partial charge in [0.1, 0.15) is 22.4 Å². The molecule has 0 aliphatic heterocycles. The summed E-state index contributed by atoms with van der Waals surface area (Å²) in [6.07, 6.45) is 14.0. The molecular weight excluding hydrogens is 490 g/mol. The fraction of sp³-hybridized carbons (Fsp3) is 0.455. The Morgan fingerprint density at radius 2 is 1.08 bits per heavy atom. The van der Waals surface area contributed by atoms with Crippen LogP contribution in [-0.2, 0) is 23.1 Å². The van der Waals surface area contributed by atoms with E-state index in [0.29, 0.717) is 0 Å². The van der Waals surface area contributed by atoms with Crippen molar-refractivity contribution in [2.45, 2.75) is 89.0 Å². The molecule has 3 aromatic carbocycles. The average Bonchev–Trinajstić information content (AvgIpc) is 2.91. The molecule has 0 unspecified atom stereocenters. The summed E-state index contributed by atoms with van der Waals surface area (Å²) in [6, 6.07) is 27.6. The number of unbranched alkanes of at least 4 members (excludes halogenated alkanes) is 9. The topological polar surface area (TPSA) is 57.2 Å². The van der Waals surface area contributed by atoms with Gasteiger partial charge in [0.15, 0.2) is 0 Å². The number of hydrogen-bond donors (Lipinski definition) is 0. The molecule has 5 heteroatoms. The quantitative estimate of drug-likeness (QED) is 0.111. The highest BCUT2D eigenvalue weighted by molar-refractivity contribution is 7.85. The second kappa shape index (κ2) is 17.2. The predicted molar refractivity (Wildman–Crippen MR) is 160 cm³/mol. The van der Waals surface area contributed by atoms with Crippen molar-refractivity contribution in [2.75, 3.05) is 14.1 Å². The molecule has 3 rings (SSSR count). The smallest absolute Gasteiger partial charge is 0.132 e. The van der Waals surface area contributed by atoms with Crippen molar-refractivity contribution in [3.05, 3.63) is 96.1 Å². The molecule has 3 aromatic rings. The van der Waals surface area contributed by atoms with Crippen molar-refractivity contribution in [3.63, 3.8) is 0 Å². The van der Waals surface area contributed by atoms with Gasteiger partial charge in [0, 0.05) is 5.56 Å². The number of benzene rings is 3. The summed E-state index contributed by atoms with van der Waals surface area (Å²) in [7, 11) is 0.163. The summed E-state index contributed by atoms with van der Waals surface area (Å²) >= 11 is 0. The van der Waals surface area contributed by atoms with Crippen molar-refractivity contribution in [1.29, 1.82) is 0 Å². The lowest BCUT2D eigenvalue weighted by molar-refractivity contribution is 0.392. The van der Waals surface area contributed by atoms with Gasteiger partial charge in [-0.05, 0) is 42.7 Å². The van der Waals surface area contributed by atoms with Crippen LogP contribution in [0.3, 0.4) is 0 Å². The van der Waals surface area contributed by atoms with E-state index in [1.54, 1.807) is 12.1 Å². The van der Waals surface area contributed by atoms with Gasteiger partial charge in [0.05, 0.1) is 19.0 Å². The van der Waals surface area contributed by atoms with Gasteiger partial charge in [0.2, 0.25) is 0 Å². The largest absolute Gasteiger partial charge is 0.744 e. The van der Waals surface area contributed by atoms with Crippen LogP contribution in [0.5, 0.6) is 0 Å². The molecule has 0 aliphatic rings. The SMILES string of the molecule is CCCCCCCCCCCCc1ccc(S(=O)(=O)[O-])cc1.C[N+](C)(Cc1ccccc1)c1ccccc1. The van der Waals surface area contributed by atoms with Crippen LogP contribution in [0.15, 0.2) is 89.8 Å². The molecule has 0 radical (unpaired) electrons. The van der Waals surface area contributed by atoms with Gasteiger partial charge in [-0.15, -0.1) is 0 Å². The maximum atomic E-state index is 10.8. The minimum atomic E-state index is -4.31. The number of para-hydroxylation sites is 1. The summed E-state index contributed by atoms with van der Waals surface area (Å²) in [5, 5.41) is 0. The second-order valence-electron chi connectivity index (χ2n) is 10.7. The monoisotopic (exact) mass is 537 g/mol. The Kier molecular flexibility index (Phi) is 14.4. The molecule has 0 spiro atoms. The second-order valence-corrected chi connectivity index (χ2v) is 12.1. The van der Waals surface area contributed by atoms with Crippen molar-refractivity contribution >= 4 is 15.8 Å². The summed E-state index contributed by atoms with van der Waals surface area (Å²) in [6.45, 7) is 3.26. The average molecular weight is 538 g/mol. The molecule has 208 valence electrons. The van der Waals surface area contributed by atoms with Crippen LogP contribution in [0.1, 0.15) is 82.3 Å². The van der Waals surface area contributed by atoms with Gasteiger partial charge in [0.25, 0.3) is 0 Å². The van der Waals surface area contributed by atoms with Crippen LogP contribution in [-0.4, -0.2) is 27.1 Å². The van der Waals surface area contributed by atoms with Gasteiger partial charge < -0.3 is 4.55 Å². The molecule has 0 aromatic heterocycles. The van der Waals surface area contributed by atoms with Crippen molar-refractivity contribution in [2.24, 2.45) is 0 Å². The van der Waals surface area contributed by atoms with E-state index in [2.05, 4.69) is 81.7 Å². The highest BCUT2D eigenvalue weighted by Gasteiger charge is 2.18. The Morgan fingerprint density at radius 1 is 0.605 bits per heavy atom. The fourth-order valence-electron chi connectivity index (χ4n) is 4.60. The molecule has 38 heavy (non-hydrogen) atoms. The fourth-order valence-corrected chi connectivity index (χ4v) is 5.07. The van der Waals surface area contributed by atoms with E-state index in [1.807, 2.05) is 0 Å². The van der Waals surface area contributed by atoms with Gasteiger partial charge in [-0.3, -0.25) is 4.48 Å².